The Bertz CT molecular complexity index is 476. The fourth-order valence-corrected chi connectivity index (χ4v) is 2.25. The van der Waals surface area contributed by atoms with E-state index in [2.05, 4.69) is 5.32 Å². The van der Waals surface area contributed by atoms with Gasteiger partial charge in [-0.1, -0.05) is 17.7 Å². The van der Waals surface area contributed by atoms with Gasteiger partial charge in [0.25, 0.3) is 0 Å². The molecular formula is C13H15ClN2O2. The molecule has 0 bridgehead atoms. The number of carbonyl (C=O) groups excluding carboxylic acids is 2. The summed E-state index contributed by atoms with van der Waals surface area (Å²) in [5, 5.41) is 3.36. The van der Waals surface area contributed by atoms with E-state index >= 15 is 0 Å². The van der Waals surface area contributed by atoms with Gasteiger partial charge >= 0.3 is 0 Å². The number of halogens is 1. The van der Waals surface area contributed by atoms with Gasteiger partial charge in [-0.2, -0.15) is 0 Å². The van der Waals surface area contributed by atoms with Gasteiger partial charge in [-0.3, -0.25) is 9.59 Å². The SMILES string of the molecule is CCN1CC(C(=O)Nc2cccc(Cl)c2)CC1=O. The van der Waals surface area contributed by atoms with Crippen molar-refractivity contribution in [3.05, 3.63) is 29.3 Å². The zero-order chi connectivity index (χ0) is 13.1. The molecule has 5 heteroatoms. The molecule has 1 aliphatic rings. The second-order valence-electron chi connectivity index (χ2n) is 4.33. The molecule has 0 spiro atoms. The third kappa shape index (κ3) is 2.82. The lowest BCUT2D eigenvalue weighted by Gasteiger charge is -2.13. The lowest BCUT2D eigenvalue weighted by atomic mass is 10.1. The summed E-state index contributed by atoms with van der Waals surface area (Å²) in [4.78, 5) is 25.2. The largest absolute Gasteiger partial charge is 0.342 e. The number of amides is 2. The Morgan fingerprint density at radius 1 is 1.56 bits per heavy atom. The van der Waals surface area contributed by atoms with Crippen molar-refractivity contribution in [2.45, 2.75) is 13.3 Å². The van der Waals surface area contributed by atoms with Gasteiger partial charge in [0.2, 0.25) is 11.8 Å². The van der Waals surface area contributed by atoms with Crippen molar-refractivity contribution in [2.75, 3.05) is 18.4 Å². The summed E-state index contributed by atoms with van der Waals surface area (Å²) in [6.45, 7) is 3.07. The monoisotopic (exact) mass is 266 g/mol. The van der Waals surface area contributed by atoms with E-state index in [1.807, 2.05) is 6.92 Å². The van der Waals surface area contributed by atoms with E-state index in [9.17, 15) is 9.59 Å². The molecule has 1 N–H and O–H groups in total. The molecule has 1 fully saturated rings. The van der Waals surface area contributed by atoms with Crippen molar-refractivity contribution in [1.29, 1.82) is 0 Å². The van der Waals surface area contributed by atoms with E-state index in [0.717, 1.165) is 0 Å². The standard InChI is InChI=1S/C13H15ClN2O2/c1-2-16-8-9(6-12(16)17)13(18)15-11-5-3-4-10(14)7-11/h3-5,7,9H,2,6,8H2,1H3,(H,15,18). The zero-order valence-electron chi connectivity index (χ0n) is 10.1. The molecule has 2 amide bonds. The van der Waals surface area contributed by atoms with Crippen molar-refractivity contribution in [1.82, 2.24) is 4.90 Å². The van der Waals surface area contributed by atoms with Crippen LogP contribution in [0.15, 0.2) is 24.3 Å². The van der Waals surface area contributed by atoms with Crippen LogP contribution in [0.1, 0.15) is 13.3 Å². The van der Waals surface area contributed by atoms with Crippen molar-refractivity contribution < 1.29 is 9.59 Å². The van der Waals surface area contributed by atoms with Crippen LogP contribution in [0, 0.1) is 5.92 Å². The van der Waals surface area contributed by atoms with Gasteiger partial charge < -0.3 is 10.2 Å². The number of hydrogen-bond acceptors (Lipinski definition) is 2. The molecule has 1 aliphatic heterocycles. The summed E-state index contributed by atoms with van der Waals surface area (Å²) in [5.74, 6) is -0.346. The number of carbonyl (C=O) groups is 2. The molecule has 4 nitrogen and oxygen atoms in total. The number of likely N-dealkylation sites (tertiary alicyclic amines) is 1. The molecule has 96 valence electrons. The van der Waals surface area contributed by atoms with Crippen LogP contribution in [0.3, 0.4) is 0 Å². The van der Waals surface area contributed by atoms with Crippen LogP contribution in [0.5, 0.6) is 0 Å². The topological polar surface area (TPSA) is 49.4 Å². The van der Waals surface area contributed by atoms with Crippen molar-refractivity contribution in [3.8, 4) is 0 Å². The number of rotatable bonds is 3. The molecule has 0 aliphatic carbocycles. The Hall–Kier alpha value is -1.55. The second-order valence-corrected chi connectivity index (χ2v) is 4.77. The normalized spacial score (nSPS) is 19.1. The third-order valence-electron chi connectivity index (χ3n) is 3.06. The molecular weight excluding hydrogens is 252 g/mol. The van der Waals surface area contributed by atoms with Gasteiger partial charge in [0, 0.05) is 30.2 Å². The Morgan fingerprint density at radius 2 is 2.33 bits per heavy atom. The fourth-order valence-electron chi connectivity index (χ4n) is 2.06. The average Bonchev–Trinajstić information content (AvgIpc) is 2.70. The fraction of sp³-hybridized carbons (Fsp3) is 0.385. The highest BCUT2D eigenvalue weighted by atomic mass is 35.5. The summed E-state index contributed by atoms with van der Waals surface area (Å²) in [6, 6.07) is 6.98. The predicted molar refractivity (Wildman–Crippen MR) is 70.4 cm³/mol. The van der Waals surface area contributed by atoms with E-state index in [-0.39, 0.29) is 17.7 Å². The van der Waals surface area contributed by atoms with Crippen LogP contribution < -0.4 is 5.32 Å². The Kier molecular flexibility index (Phi) is 3.87. The summed E-state index contributed by atoms with van der Waals surface area (Å²) in [6.07, 6.45) is 0.292. The van der Waals surface area contributed by atoms with Crippen LogP contribution >= 0.6 is 11.6 Å². The first-order valence-corrected chi connectivity index (χ1v) is 6.32. The minimum Gasteiger partial charge on any atom is -0.342 e. The minimum atomic E-state index is -0.267. The lowest BCUT2D eigenvalue weighted by Crippen LogP contribution is -2.28. The molecule has 18 heavy (non-hydrogen) atoms. The molecule has 0 aromatic heterocycles. The summed E-state index contributed by atoms with van der Waals surface area (Å²) < 4.78 is 0. The van der Waals surface area contributed by atoms with Crippen LogP contribution in [-0.2, 0) is 9.59 Å². The zero-order valence-corrected chi connectivity index (χ0v) is 10.9. The van der Waals surface area contributed by atoms with Crippen LogP contribution in [0.2, 0.25) is 5.02 Å². The maximum Gasteiger partial charge on any atom is 0.229 e. The van der Waals surface area contributed by atoms with Gasteiger partial charge in [0.1, 0.15) is 0 Å². The van der Waals surface area contributed by atoms with Gasteiger partial charge in [-0.25, -0.2) is 0 Å². The molecule has 1 aromatic carbocycles. The van der Waals surface area contributed by atoms with E-state index < -0.39 is 0 Å². The molecule has 1 aromatic rings. The van der Waals surface area contributed by atoms with Crippen LogP contribution in [0.4, 0.5) is 5.69 Å². The van der Waals surface area contributed by atoms with Gasteiger partial charge in [-0.15, -0.1) is 0 Å². The summed E-state index contributed by atoms with van der Waals surface area (Å²) in [7, 11) is 0. The first kappa shape index (κ1) is 12.9. The lowest BCUT2D eigenvalue weighted by molar-refractivity contribution is -0.128. The smallest absolute Gasteiger partial charge is 0.229 e. The predicted octanol–water partition coefficient (Wildman–Crippen LogP) is 2.15. The molecule has 0 radical (unpaired) electrons. The van der Waals surface area contributed by atoms with E-state index in [4.69, 9.17) is 11.6 Å². The van der Waals surface area contributed by atoms with Gasteiger partial charge in [-0.05, 0) is 25.1 Å². The van der Waals surface area contributed by atoms with Crippen molar-refractivity contribution in [2.24, 2.45) is 5.92 Å². The number of nitrogens with one attached hydrogen (secondary N) is 1. The molecule has 1 heterocycles. The first-order chi connectivity index (χ1) is 8.60. The summed E-state index contributed by atoms with van der Waals surface area (Å²) in [5.41, 5.74) is 0.662. The van der Waals surface area contributed by atoms with Gasteiger partial charge in [0.05, 0.1) is 5.92 Å². The van der Waals surface area contributed by atoms with E-state index in [1.165, 1.54) is 0 Å². The quantitative estimate of drug-likeness (QED) is 0.911. The number of benzene rings is 1. The molecule has 1 atom stereocenters. The maximum atomic E-state index is 12.0. The summed E-state index contributed by atoms with van der Waals surface area (Å²) >= 11 is 5.84. The minimum absolute atomic E-state index is 0.0451. The molecule has 1 saturated heterocycles. The maximum absolute atomic E-state index is 12.0. The Balaban J connectivity index is 1.99. The second kappa shape index (κ2) is 5.40. The van der Waals surface area contributed by atoms with Crippen LogP contribution in [0.25, 0.3) is 0 Å². The highest BCUT2D eigenvalue weighted by molar-refractivity contribution is 6.30. The van der Waals surface area contributed by atoms with E-state index in [0.29, 0.717) is 30.2 Å². The van der Waals surface area contributed by atoms with Crippen molar-refractivity contribution in [3.63, 3.8) is 0 Å². The first-order valence-electron chi connectivity index (χ1n) is 5.94. The van der Waals surface area contributed by atoms with Crippen LogP contribution in [-0.4, -0.2) is 29.8 Å². The molecule has 1 unspecified atom stereocenters. The van der Waals surface area contributed by atoms with E-state index in [1.54, 1.807) is 29.2 Å². The molecule has 2 rings (SSSR count). The third-order valence-corrected chi connectivity index (χ3v) is 3.29. The Labute approximate surface area is 111 Å². The highest BCUT2D eigenvalue weighted by Gasteiger charge is 2.33. The Morgan fingerprint density at radius 3 is 2.94 bits per heavy atom. The number of hydrogen-bond donors (Lipinski definition) is 1. The average molecular weight is 267 g/mol. The van der Waals surface area contributed by atoms with Crippen molar-refractivity contribution >= 4 is 29.1 Å². The highest BCUT2D eigenvalue weighted by Crippen LogP contribution is 2.21. The number of anilines is 1. The number of nitrogens with zero attached hydrogens (tertiary/aromatic N) is 1. The molecule has 0 saturated carbocycles. The van der Waals surface area contributed by atoms with Gasteiger partial charge in [0.15, 0.2) is 0 Å².